The predicted molar refractivity (Wildman–Crippen MR) is 125 cm³/mol. The molecule has 1 saturated heterocycles. The van der Waals surface area contributed by atoms with Crippen molar-refractivity contribution in [2.45, 2.75) is 76.0 Å². The van der Waals surface area contributed by atoms with Gasteiger partial charge in [0.15, 0.2) is 5.78 Å². The quantitative estimate of drug-likeness (QED) is 0.594. The molecule has 7 aliphatic carbocycles. The molecule has 0 aromatic rings. The lowest BCUT2D eigenvalue weighted by atomic mass is 9.45. The van der Waals surface area contributed by atoms with E-state index < -0.39 is 11.1 Å². The first kappa shape index (κ1) is 20.1. The van der Waals surface area contributed by atoms with Gasteiger partial charge < -0.3 is 10.5 Å². The molecule has 34 heavy (non-hydrogen) atoms. The van der Waals surface area contributed by atoms with E-state index in [0.717, 1.165) is 75.5 Å². The van der Waals surface area contributed by atoms with Crippen molar-refractivity contribution >= 4 is 11.6 Å². The highest BCUT2D eigenvalue weighted by atomic mass is 16.5. The van der Waals surface area contributed by atoms with E-state index in [2.05, 4.69) is 9.69 Å². The third kappa shape index (κ3) is 1.91. The minimum atomic E-state index is -1.15. The molecule has 6 nitrogen and oxygen atoms in total. The van der Waals surface area contributed by atoms with Gasteiger partial charge >= 0.3 is 5.66 Å². The third-order valence-corrected chi connectivity index (χ3v) is 12.2. The number of nitrogens with zero attached hydrogens (tertiary/aromatic N) is 2. The first-order valence-electron chi connectivity index (χ1n) is 13.4. The molecule has 0 amide bonds. The van der Waals surface area contributed by atoms with Gasteiger partial charge in [-0.2, -0.15) is 0 Å². The maximum absolute atomic E-state index is 14.3. The van der Waals surface area contributed by atoms with E-state index in [4.69, 9.17) is 23.6 Å². The summed E-state index contributed by atoms with van der Waals surface area (Å²) in [7, 11) is 0. The van der Waals surface area contributed by atoms with Crippen molar-refractivity contribution in [1.29, 1.82) is 0 Å². The topological polar surface area (TPSA) is 78.1 Å². The van der Waals surface area contributed by atoms with Crippen molar-refractivity contribution in [3.05, 3.63) is 21.0 Å². The number of hydrogen-bond acceptors (Lipinski definition) is 4. The highest BCUT2D eigenvalue weighted by Gasteiger charge is 2.86. The lowest BCUT2D eigenvalue weighted by Gasteiger charge is -2.57. The Labute approximate surface area is 200 Å². The van der Waals surface area contributed by atoms with Crippen LogP contribution in [0.4, 0.5) is 0 Å². The van der Waals surface area contributed by atoms with Crippen molar-refractivity contribution in [2.75, 3.05) is 6.61 Å². The van der Waals surface area contributed by atoms with E-state index in [9.17, 15) is 9.59 Å². The summed E-state index contributed by atoms with van der Waals surface area (Å²) < 4.78 is 5.90. The number of allylic oxidation sites excluding steroid dienone is 1. The SMILES string of the molecule is C#[N+]C1([N+]#C)C2=C(N)CCC3CCC31CC1C3COC3C(=O)C3(CC3)C1C1C[C@H]1C(=O)C21CC1. The molecule has 176 valence electrons. The van der Waals surface area contributed by atoms with E-state index in [0.29, 0.717) is 35.9 Å². The molecule has 2 bridgehead atoms. The fraction of sp³-hybridized carbons (Fsp3) is 0.786. The number of Topliss-reactive ketones (excluding diaryl/α,β-unsaturated/α-hetero) is 2. The van der Waals surface area contributed by atoms with E-state index >= 15 is 0 Å². The van der Waals surface area contributed by atoms with Gasteiger partial charge in [0, 0.05) is 32.6 Å². The Hall–Kier alpha value is -2.18. The fourth-order valence-corrected chi connectivity index (χ4v) is 10.2. The molecule has 6 saturated carbocycles. The Morgan fingerprint density at radius 2 is 1.71 bits per heavy atom. The third-order valence-electron chi connectivity index (χ3n) is 12.2. The molecule has 1 aliphatic heterocycles. The van der Waals surface area contributed by atoms with Gasteiger partial charge in [-0.15, -0.1) is 0 Å². The molecule has 2 N–H and O–H groups in total. The van der Waals surface area contributed by atoms with Crippen LogP contribution < -0.4 is 5.73 Å². The summed E-state index contributed by atoms with van der Waals surface area (Å²) in [5.74, 6) is 2.15. The normalized spacial score (nSPS) is 49.5. The Morgan fingerprint density at radius 3 is 2.26 bits per heavy atom. The lowest BCUT2D eigenvalue weighted by molar-refractivity contribution is -0.206. The summed E-state index contributed by atoms with van der Waals surface area (Å²) in [4.78, 5) is 36.9. The minimum Gasteiger partial charge on any atom is -0.402 e. The number of nitrogens with two attached hydrogens (primary N) is 1. The molecule has 7 unspecified atom stereocenters. The van der Waals surface area contributed by atoms with E-state index in [-0.39, 0.29) is 34.7 Å². The van der Waals surface area contributed by atoms with Crippen LogP contribution in [-0.4, -0.2) is 29.9 Å². The number of ether oxygens (including phenoxy) is 1. The van der Waals surface area contributed by atoms with Gasteiger partial charge in [0.25, 0.3) is 13.1 Å². The van der Waals surface area contributed by atoms with Crippen LogP contribution in [0.5, 0.6) is 0 Å². The van der Waals surface area contributed by atoms with Crippen LogP contribution in [0.1, 0.15) is 64.2 Å². The summed E-state index contributed by atoms with van der Waals surface area (Å²) in [6, 6.07) is 0. The Bertz CT molecular complexity index is 1170. The number of rotatable bonds is 0. The maximum atomic E-state index is 14.3. The fourth-order valence-electron chi connectivity index (χ4n) is 10.2. The smallest absolute Gasteiger partial charge is 0.402 e. The number of carbonyl (C=O) groups is 2. The monoisotopic (exact) mass is 459 g/mol. The number of fused-ring (bicyclic) bond motifs is 8. The molecule has 8 atom stereocenters. The molecule has 6 heteroatoms. The second-order valence-corrected chi connectivity index (χ2v) is 13.0. The van der Waals surface area contributed by atoms with Gasteiger partial charge in [-0.1, -0.05) is 0 Å². The van der Waals surface area contributed by atoms with Crippen LogP contribution in [-0.2, 0) is 14.3 Å². The lowest BCUT2D eigenvalue weighted by Crippen LogP contribution is -2.65. The minimum absolute atomic E-state index is 0.0147. The van der Waals surface area contributed by atoms with Crippen LogP contribution in [0.15, 0.2) is 11.3 Å². The van der Waals surface area contributed by atoms with Crippen LogP contribution in [0.25, 0.3) is 9.69 Å². The predicted octanol–water partition coefficient (Wildman–Crippen LogP) is 4.01. The molecule has 1 heterocycles. The molecule has 8 rings (SSSR count). The first-order valence-corrected chi connectivity index (χ1v) is 13.4. The summed E-state index contributed by atoms with van der Waals surface area (Å²) in [6.07, 6.45) is 8.77. The zero-order valence-corrected chi connectivity index (χ0v) is 19.7. The maximum Gasteiger partial charge on any atom is 0.595 e. The molecular weight excluding hydrogens is 426 g/mol. The first-order chi connectivity index (χ1) is 16.4. The van der Waals surface area contributed by atoms with Crippen LogP contribution in [0.3, 0.4) is 0 Å². The summed E-state index contributed by atoms with van der Waals surface area (Å²) in [5, 5.41) is 0. The largest absolute Gasteiger partial charge is 0.595 e. The molecule has 0 radical (unpaired) electrons. The van der Waals surface area contributed by atoms with Crippen LogP contribution in [0.2, 0.25) is 0 Å². The zero-order valence-electron chi connectivity index (χ0n) is 19.7. The zero-order chi connectivity index (χ0) is 23.3. The Morgan fingerprint density at radius 1 is 0.941 bits per heavy atom. The van der Waals surface area contributed by atoms with Gasteiger partial charge in [-0.25, -0.2) is 0 Å². The van der Waals surface area contributed by atoms with Crippen molar-refractivity contribution in [3.8, 4) is 13.1 Å². The number of carbonyl (C=O) groups excluding carboxylic acids is 2. The van der Waals surface area contributed by atoms with Crippen molar-refractivity contribution in [2.24, 2.45) is 57.5 Å². The van der Waals surface area contributed by atoms with Gasteiger partial charge in [-0.05, 0) is 87.9 Å². The summed E-state index contributed by atoms with van der Waals surface area (Å²) in [5.41, 5.74) is 6.05. The second-order valence-electron chi connectivity index (χ2n) is 13.0. The van der Waals surface area contributed by atoms with Gasteiger partial charge in [0.05, 0.1) is 12.0 Å². The van der Waals surface area contributed by atoms with Crippen molar-refractivity contribution < 1.29 is 14.3 Å². The average Bonchev–Trinajstić information content (AvgIpc) is 3.64. The van der Waals surface area contributed by atoms with E-state index in [1.54, 1.807) is 0 Å². The second kappa shape index (κ2) is 5.79. The molecule has 8 aliphatic rings. The summed E-state index contributed by atoms with van der Waals surface area (Å²) >= 11 is 0. The molecule has 0 aromatic carbocycles. The van der Waals surface area contributed by atoms with Crippen molar-refractivity contribution in [1.82, 2.24) is 0 Å². The average molecular weight is 460 g/mol. The highest BCUT2D eigenvalue weighted by Crippen LogP contribution is 2.77. The highest BCUT2D eigenvalue weighted by molar-refractivity contribution is 5.97. The Balaban J connectivity index is 1.38. The molecular formula is C28H33N3O3+2. The van der Waals surface area contributed by atoms with E-state index in [1.165, 1.54) is 0 Å². The molecule has 3 spiro atoms. The van der Waals surface area contributed by atoms with Gasteiger partial charge in [0.2, 0.25) is 0 Å². The molecule has 7 fully saturated rings. The van der Waals surface area contributed by atoms with Crippen LogP contribution in [0, 0.1) is 64.9 Å². The Kier molecular flexibility index (Phi) is 3.41. The standard InChI is InChI=1S/C28H33N3O3/c1-30-28(31-2)22-19(29)4-3-14-5-6-27(14,28)12-17-18-13-34-21(18)24(33)25(7-8-25)20(17)15-11-16(15)23(32)26(22)9-10-26/h1-2,14-18,20-21H,3-13,29H2/q+2/t14?,15?,16-,17?,18?,20?,21?,27?/m1/s1. The van der Waals surface area contributed by atoms with E-state index in [1.807, 2.05) is 0 Å². The van der Waals surface area contributed by atoms with Crippen LogP contribution >= 0.6 is 0 Å². The number of hydrogen-bond donors (Lipinski definition) is 1. The van der Waals surface area contributed by atoms with Gasteiger partial charge in [0.1, 0.15) is 22.9 Å². The van der Waals surface area contributed by atoms with Gasteiger partial charge in [-0.3, -0.25) is 9.59 Å². The van der Waals surface area contributed by atoms with Crippen molar-refractivity contribution in [3.63, 3.8) is 0 Å². The molecule has 0 aromatic heterocycles. The number of ketones is 2. The summed E-state index contributed by atoms with van der Waals surface area (Å²) in [6.45, 7) is 13.3.